The summed E-state index contributed by atoms with van der Waals surface area (Å²) in [5.41, 5.74) is 1.74. The third kappa shape index (κ3) is 3.35. The largest absolute Gasteiger partial charge is 0.306 e. The molecule has 2 aromatic rings. The molecule has 0 fully saturated rings. The van der Waals surface area contributed by atoms with Gasteiger partial charge in [0.1, 0.15) is 5.82 Å². The molecular formula is C15H17ClFNS. The smallest absolute Gasteiger partial charge is 0.128 e. The summed E-state index contributed by atoms with van der Waals surface area (Å²) in [6.07, 6.45) is 1.00. The summed E-state index contributed by atoms with van der Waals surface area (Å²) >= 11 is 7.68. The highest BCUT2D eigenvalue weighted by Crippen LogP contribution is 2.31. The van der Waals surface area contributed by atoms with Crippen molar-refractivity contribution in [2.45, 2.75) is 26.3 Å². The van der Waals surface area contributed by atoms with Crippen LogP contribution in [0.2, 0.25) is 5.02 Å². The SMILES string of the molecule is CCCNC(c1cc(Cl)ccc1F)c1ccsc1C. The van der Waals surface area contributed by atoms with Gasteiger partial charge in [-0.05, 0) is 55.1 Å². The highest BCUT2D eigenvalue weighted by molar-refractivity contribution is 7.10. The molecule has 19 heavy (non-hydrogen) atoms. The van der Waals surface area contributed by atoms with Gasteiger partial charge in [-0.2, -0.15) is 0 Å². The summed E-state index contributed by atoms with van der Waals surface area (Å²) in [5, 5.41) is 6.00. The van der Waals surface area contributed by atoms with Crippen molar-refractivity contribution in [3.8, 4) is 0 Å². The van der Waals surface area contributed by atoms with Crippen LogP contribution in [0.3, 0.4) is 0 Å². The Morgan fingerprint density at radius 1 is 1.32 bits per heavy atom. The van der Waals surface area contributed by atoms with E-state index in [1.165, 1.54) is 10.9 Å². The fourth-order valence-corrected chi connectivity index (χ4v) is 3.03. The van der Waals surface area contributed by atoms with Crippen molar-refractivity contribution in [1.82, 2.24) is 5.32 Å². The van der Waals surface area contributed by atoms with Crippen LogP contribution in [0.5, 0.6) is 0 Å². The first-order valence-electron chi connectivity index (χ1n) is 6.35. The standard InChI is InChI=1S/C15H17ClFNS/c1-3-7-18-15(12-6-8-19-10(12)2)13-9-11(16)4-5-14(13)17/h4-6,8-9,15,18H,3,7H2,1-2H3. The van der Waals surface area contributed by atoms with Gasteiger partial charge in [0.15, 0.2) is 0 Å². The van der Waals surface area contributed by atoms with E-state index >= 15 is 0 Å². The average Bonchev–Trinajstić information content (AvgIpc) is 2.80. The Balaban J connectivity index is 2.42. The topological polar surface area (TPSA) is 12.0 Å². The van der Waals surface area contributed by atoms with E-state index < -0.39 is 0 Å². The molecule has 1 nitrogen and oxygen atoms in total. The van der Waals surface area contributed by atoms with Crippen LogP contribution in [-0.4, -0.2) is 6.54 Å². The normalized spacial score (nSPS) is 12.6. The van der Waals surface area contributed by atoms with Crippen molar-refractivity contribution in [3.05, 3.63) is 56.5 Å². The average molecular weight is 298 g/mol. The fraction of sp³-hybridized carbons (Fsp3) is 0.333. The molecule has 1 aromatic carbocycles. The van der Waals surface area contributed by atoms with Gasteiger partial charge in [-0.3, -0.25) is 0 Å². The molecule has 0 saturated heterocycles. The van der Waals surface area contributed by atoms with E-state index in [1.54, 1.807) is 23.5 Å². The molecule has 2 rings (SSSR count). The molecule has 0 amide bonds. The second-order valence-corrected chi connectivity index (χ2v) is 6.04. The molecule has 0 spiro atoms. The maximum Gasteiger partial charge on any atom is 0.128 e. The Bertz CT molecular complexity index is 553. The van der Waals surface area contributed by atoms with Crippen LogP contribution >= 0.6 is 22.9 Å². The predicted molar refractivity (Wildman–Crippen MR) is 80.6 cm³/mol. The summed E-state index contributed by atoms with van der Waals surface area (Å²) in [4.78, 5) is 1.20. The van der Waals surface area contributed by atoms with Crippen molar-refractivity contribution >= 4 is 22.9 Å². The van der Waals surface area contributed by atoms with Crippen LogP contribution in [0.25, 0.3) is 0 Å². The third-order valence-electron chi connectivity index (χ3n) is 3.08. The number of rotatable bonds is 5. The zero-order chi connectivity index (χ0) is 13.8. The summed E-state index contributed by atoms with van der Waals surface area (Å²) < 4.78 is 14.1. The van der Waals surface area contributed by atoms with Gasteiger partial charge in [0.2, 0.25) is 0 Å². The maximum absolute atomic E-state index is 14.1. The van der Waals surface area contributed by atoms with Crippen LogP contribution in [0.15, 0.2) is 29.6 Å². The Labute approximate surface area is 122 Å². The lowest BCUT2D eigenvalue weighted by Gasteiger charge is -2.20. The van der Waals surface area contributed by atoms with E-state index in [-0.39, 0.29) is 11.9 Å². The molecular weight excluding hydrogens is 281 g/mol. The minimum Gasteiger partial charge on any atom is -0.306 e. The van der Waals surface area contributed by atoms with E-state index in [9.17, 15) is 4.39 Å². The van der Waals surface area contributed by atoms with Crippen LogP contribution < -0.4 is 5.32 Å². The van der Waals surface area contributed by atoms with Gasteiger partial charge in [-0.1, -0.05) is 18.5 Å². The number of aryl methyl sites for hydroxylation is 1. The van der Waals surface area contributed by atoms with Gasteiger partial charge in [-0.25, -0.2) is 4.39 Å². The van der Waals surface area contributed by atoms with Crippen molar-refractivity contribution < 1.29 is 4.39 Å². The molecule has 0 saturated carbocycles. The molecule has 0 aliphatic rings. The minimum atomic E-state index is -0.219. The van der Waals surface area contributed by atoms with Gasteiger partial charge in [0, 0.05) is 15.5 Å². The zero-order valence-electron chi connectivity index (χ0n) is 11.0. The van der Waals surface area contributed by atoms with E-state index in [2.05, 4.69) is 19.2 Å². The van der Waals surface area contributed by atoms with Crippen molar-refractivity contribution in [2.75, 3.05) is 6.54 Å². The highest BCUT2D eigenvalue weighted by atomic mass is 35.5. The number of thiophene rings is 1. The number of hydrogen-bond acceptors (Lipinski definition) is 2. The summed E-state index contributed by atoms with van der Waals surface area (Å²) in [6.45, 7) is 4.99. The van der Waals surface area contributed by atoms with Gasteiger partial charge in [-0.15, -0.1) is 11.3 Å². The van der Waals surface area contributed by atoms with Crippen LogP contribution in [0.4, 0.5) is 4.39 Å². The Morgan fingerprint density at radius 3 is 2.74 bits per heavy atom. The van der Waals surface area contributed by atoms with E-state index in [0.717, 1.165) is 18.5 Å². The molecule has 0 aliphatic carbocycles. The van der Waals surface area contributed by atoms with Gasteiger partial charge in [0.25, 0.3) is 0 Å². The highest BCUT2D eigenvalue weighted by Gasteiger charge is 2.20. The second kappa shape index (κ2) is 6.51. The maximum atomic E-state index is 14.1. The molecule has 1 unspecified atom stereocenters. The van der Waals surface area contributed by atoms with Crippen LogP contribution in [0.1, 0.15) is 35.4 Å². The number of nitrogens with one attached hydrogen (secondary N) is 1. The first-order chi connectivity index (χ1) is 9.13. The van der Waals surface area contributed by atoms with Crippen molar-refractivity contribution in [3.63, 3.8) is 0 Å². The predicted octanol–water partition coefficient (Wildman–Crippen LogP) is 4.94. The van der Waals surface area contributed by atoms with Crippen LogP contribution in [-0.2, 0) is 0 Å². The first kappa shape index (κ1) is 14.5. The monoisotopic (exact) mass is 297 g/mol. The number of benzene rings is 1. The lowest BCUT2D eigenvalue weighted by molar-refractivity contribution is 0.546. The third-order valence-corrected chi connectivity index (χ3v) is 4.17. The lowest BCUT2D eigenvalue weighted by Crippen LogP contribution is -2.24. The number of hydrogen-bond donors (Lipinski definition) is 1. The van der Waals surface area contributed by atoms with Crippen LogP contribution in [0, 0.1) is 12.7 Å². The molecule has 1 atom stereocenters. The zero-order valence-corrected chi connectivity index (χ0v) is 12.6. The molecule has 1 N–H and O–H groups in total. The summed E-state index contributed by atoms with van der Waals surface area (Å²) in [5.74, 6) is -0.219. The lowest BCUT2D eigenvalue weighted by atomic mass is 9.98. The minimum absolute atomic E-state index is 0.134. The van der Waals surface area contributed by atoms with E-state index in [4.69, 9.17) is 11.6 Å². The summed E-state index contributed by atoms with van der Waals surface area (Å²) in [7, 11) is 0. The molecule has 102 valence electrons. The second-order valence-electron chi connectivity index (χ2n) is 4.49. The van der Waals surface area contributed by atoms with E-state index in [1.807, 2.05) is 11.4 Å². The number of halogens is 2. The molecule has 0 aliphatic heterocycles. The molecule has 4 heteroatoms. The quantitative estimate of drug-likeness (QED) is 0.824. The van der Waals surface area contributed by atoms with Gasteiger partial charge < -0.3 is 5.32 Å². The van der Waals surface area contributed by atoms with Gasteiger partial charge in [0.05, 0.1) is 6.04 Å². The summed E-state index contributed by atoms with van der Waals surface area (Å²) in [6, 6.07) is 6.64. The first-order valence-corrected chi connectivity index (χ1v) is 7.61. The van der Waals surface area contributed by atoms with Crippen molar-refractivity contribution in [1.29, 1.82) is 0 Å². The molecule has 0 radical (unpaired) electrons. The molecule has 1 aromatic heterocycles. The van der Waals surface area contributed by atoms with E-state index in [0.29, 0.717) is 10.6 Å². The Morgan fingerprint density at radius 2 is 2.11 bits per heavy atom. The molecule has 0 bridgehead atoms. The Kier molecular flexibility index (Phi) is 4.97. The molecule has 1 heterocycles. The fourth-order valence-electron chi connectivity index (χ4n) is 2.11. The Hall–Kier alpha value is -0.900. The van der Waals surface area contributed by atoms with Gasteiger partial charge >= 0.3 is 0 Å². The van der Waals surface area contributed by atoms with Crippen molar-refractivity contribution in [2.24, 2.45) is 0 Å².